The van der Waals surface area contributed by atoms with Crippen molar-refractivity contribution < 1.29 is 42.8 Å². The molecular formula is C47H60O9. The lowest BCUT2D eigenvalue weighted by Crippen LogP contribution is -2.39. The summed E-state index contributed by atoms with van der Waals surface area (Å²) in [7, 11) is 0. The van der Waals surface area contributed by atoms with Crippen LogP contribution < -0.4 is 4.74 Å². The van der Waals surface area contributed by atoms with Crippen LogP contribution in [0.3, 0.4) is 0 Å². The summed E-state index contributed by atoms with van der Waals surface area (Å²) in [4.78, 5) is 38.6. The Balaban J connectivity index is 1.08. The van der Waals surface area contributed by atoms with Gasteiger partial charge in [0.2, 0.25) is 0 Å². The third-order valence-corrected chi connectivity index (χ3v) is 10.6. The molecule has 0 aromatic heterocycles. The van der Waals surface area contributed by atoms with Crippen LogP contribution in [0.25, 0.3) is 11.1 Å². The molecule has 0 spiro atoms. The average molecular weight is 769 g/mol. The molecule has 0 unspecified atom stereocenters. The van der Waals surface area contributed by atoms with E-state index in [0.29, 0.717) is 42.2 Å². The highest BCUT2D eigenvalue weighted by Crippen LogP contribution is 2.38. The largest absolute Gasteiger partial charge is 0.464 e. The first-order valence-corrected chi connectivity index (χ1v) is 20.6. The van der Waals surface area contributed by atoms with Crippen LogP contribution in [0.4, 0.5) is 0 Å². The highest BCUT2D eigenvalue weighted by Gasteiger charge is 2.47. The molecular weight excluding hydrogens is 709 g/mol. The van der Waals surface area contributed by atoms with Crippen molar-refractivity contribution >= 4 is 17.9 Å². The maximum absolute atomic E-state index is 13.0. The number of carbonyl (C=O) groups is 3. The molecule has 1 aliphatic heterocycles. The zero-order chi connectivity index (χ0) is 39.7. The summed E-state index contributed by atoms with van der Waals surface area (Å²) in [5.41, 5.74) is 5.61. The van der Waals surface area contributed by atoms with Gasteiger partial charge in [-0.3, -0.25) is 0 Å². The van der Waals surface area contributed by atoms with Crippen LogP contribution in [0.1, 0.15) is 132 Å². The Labute approximate surface area is 333 Å². The van der Waals surface area contributed by atoms with Gasteiger partial charge < -0.3 is 28.4 Å². The molecule has 2 aliphatic rings. The number of ether oxygens (including phenoxy) is 6. The van der Waals surface area contributed by atoms with Crippen molar-refractivity contribution in [1.29, 1.82) is 0 Å². The molecule has 0 bridgehead atoms. The van der Waals surface area contributed by atoms with Crippen LogP contribution in [0.2, 0.25) is 0 Å². The van der Waals surface area contributed by atoms with Crippen LogP contribution in [-0.4, -0.2) is 56.5 Å². The third kappa shape index (κ3) is 12.9. The van der Waals surface area contributed by atoms with Crippen molar-refractivity contribution in [3.05, 3.63) is 102 Å². The molecule has 1 heterocycles. The fourth-order valence-corrected chi connectivity index (χ4v) is 7.21. The number of rotatable bonds is 21. The van der Waals surface area contributed by atoms with Gasteiger partial charge in [-0.2, -0.15) is 0 Å². The van der Waals surface area contributed by atoms with Gasteiger partial charge in [-0.05, 0) is 105 Å². The highest BCUT2D eigenvalue weighted by molar-refractivity contribution is 5.91. The van der Waals surface area contributed by atoms with Gasteiger partial charge in [0.1, 0.15) is 5.75 Å². The molecule has 5 rings (SSSR count). The minimum absolute atomic E-state index is 0.226. The van der Waals surface area contributed by atoms with Crippen molar-refractivity contribution in [2.45, 2.75) is 122 Å². The Morgan fingerprint density at radius 2 is 1.21 bits per heavy atom. The summed E-state index contributed by atoms with van der Waals surface area (Å²) in [6.45, 7) is 11.8. The molecule has 1 saturated heterocycles. The molecule has 56 heavy (non-hydrogen) atoms. The molecule has 2 fully saturated rings. The number of unbranched alkanes of at least 4 members (excludes halogenated alkanes) is 4. The van der Waals surface area contributed by atoms with E-state index in [1.165, 1.54) is 50.5 Å². The Kier molecular flexibility index (Phi) is 17.2. The van der Waals surface area contributed by atoms with Crippen molar-refractivity contribution in [2.75, 3.05) is 26.4 Å². The normalized spacial score (nSPS) is 19.7. The third-order valence-electron chi connectivity index (χ3n) is 10.6. The maximum Gasteiger partial charge on any atom is 0.343 e. The molecule has 1 aliphatic carbocycles. The smallest absolute Gasteiger partial charge is 0.343 e. The van der Waals surface area contributed by atoms with Gasteiger partial charge in [0.05, 0.1) is 25.4 Å². The summed E-state index contributed by atoms with van der Waals surface area (Å²) < 4.78 is 33.7. The Morgan fingerprint density at radius 3 is 1.77 bits per heavy atom. The van der Waals surface area contributed by atoms with Crippen LogP contribution >= 0.6 is 0 Å². The van der Waals surface area contributed by atoms with Gasteiger partial charge in [0.15, 0.2) is 18.5 Å². The summed E-state index contributed by atoms with van der Waals surface area (Å²) in [6, 6.07) is 22.9. The number of benzene rings is 3. The Hall–Kier alpha value is -4.31. The molecule has 0 radical (unpaired) electrons. The number of carbonyl (C=O) groups excluding carboxylic acids is 3. The first-order chi connectivity index (χ1) is 27.2. The molecule has 0 amide bonds. The molecule has 0 N–H and O–H groups in total. The minimum Gasteiger partial charge on any atom is -0.464 e. The van der Waals surface area contributed by atoms with E-state index in [-0.39, 0.29) is 13.2 Å². The molecule has 9 heteroatoms. The molecule has 2 atom stereocenters. The lowest BCUT2D eigenvalue weighted by atomic mass is 9.77. The predicted octanol–water partition coefficient (Wildman–Crippen LogP) is 10.5. The fourth-order valence-electron chi connectivity index (χ4n) is 7.21. The number of hydrogen-bond acceptors (Lipinski definition) is 9. The van der Waals surface area contributed by atoms with E-state index < -0.39 is 36.4 Å². The molecule has 9 nitrogen and oxygen atoms in total. The molecule has 3 aromatic rings. The second-order valence-electron chi connectivity index (χ2n) is 15.2. The van der Waals surface area contributed by atoms with Gasteiger partial charge in [-0.25, -0.2) is 14.4 Å². The quantitative estimate of drug-likeness (QED) is 0.0453. The van der Waals surface area contributed by atoms with Gasteiger partial charge in [0.25, 0.3) is 0 Å². The van der Waals surface area contributed by atoms with Crippen molar-refractivity contribution in [3.63, 3.8) is 0 Å². The first-order valence-electron chi connectivity index (χ1n) is 20.6. The summed E-state index contributed by atoms with van der Waals surface area (Å²) in [5, 5.41) is 0. The SMILES string of the molecule is C=C(C)COCCCCC[C@H]1CC[C@H](c2ccc(-c3ccc(C(=O)Oc4ccc(C5O[C@@H](C(=O)OCCCC)[C@H](C(=O)OCCCC)O5)cc4)cc3)cc2)CC1. The van der Waals surface area contributed by atoms with E-state index in [2.05, 4.69) is 30.8 Å². The average Bonchev–Trinajstić information content (AvgIpc) is 3.67. The van der Waals surface area contributed by atoms with E-state index in [4.69, 9.17) is 28.4 Å². The zero-order valence-electron chi connectivity index (χ0n) is 33.5. The summed E-state index contributed by atoms with van der Waals surface area (Å²) in [6.07, 6.45) is 9.70. The second-order valence-corrected chi connectivity index (χ2v) is 15.2. The van der Waals surface area contributed by atoms with Gasteiger partial charge in [0, 0.05) is 12.2 Å². The van der Waals surface area contributed by atoms with E-state index in [1.807, 2.05) is 32.9 Å². The minimum atomic E-state index is -1.25. The lowest BCUT2D eigenvalue weighted by Gasteiger charge is -2.29. The van der Waals surface area contributed by atoms with E-state index in [9.17, 15) is 14.4 Å². The van der Waals surface area contributed by atoms with Crippen LogP contribution in [-0.2, 0) is 33.3 Å². The molecule has 1 saturated carbocycles. The fraction of sp³-hybridized carbons (Fsp3) is 0.511. The monoisotopic (exact) mass is 768 g/mol. The van der Waals surface area contributed by atoms with Crippen LogP contribution in [0.15, 0.2) is 84.9 Å². The highest BCUT2D eigenvalue weighted by atomic mass is 16.8. The molecule has 3 aromatic carbocycles. The van der Waals surface area contributed by atoms with E-state index in [1.54, 1.807) is 36.4 Å². The van der Waals surface area contributed by atoms with Gasteiger partial charge in [-0.1, -0.05) is 107 Å². The number of esters is 3. The van der Waals surface area contributed by atoms with E-state index in [0.717, 1.165) is 48.5 Å². The van der Waals surface area contributed by atoms with Crippen LogP contribution in [0.5, 0.6) is 5.75 Å². The molecule has 302 valence electrons. The van der Waals surface area contributed by atoms with Gasteiger partial charge >= 0.3 is 17.9 Å². The van der Waals surface area contributed by atoms with Gasteiger partial charge in [-0.15, -0.1) is 0 Å². The lowest BCUT2D eigenvalue weighted by molar-refractivity contribution is -0.163. The van der Waals surface area contributed by atoms with Crippen molar-refractivity contribution in [3.8, 4) is 16.9 Å². The standard InChI is InChI=1S/C47H60O9/c1-5-7-30-52-45(49)42-43(46(50)53-31-8-6-2)56-47(55-42)40-25-27-41(28-26-40)54-44(48)39-23-21-38(22-24-39)37-19-17-36(18-20-37)35-15-13-34(14-16-35)12-10-9-11-29-51-32-33(3)4/h17-28,34-35,42-43,47H,3,5-16,29-32H2,1-2,4H3/t34-,35-,42-,43-/m1/s1. The Morgan fingerprint density at radius 1 is 0.661 bits per heavy atom. The van der Waals surface area contributed by atoms with Crippen molar-refractivity contribution in [2.24, 2.45) is 5.92 Å². The Bertz CT molecular complexity index is 1640. The van der Waals surface area contributed by atoms with Crippen molar-refractivity contribution in [1.82, 2.24) is 0 Å². The topological polar surface area (TPSA) is 107 Å². The first kappa shape index (κ1) is 42.8. The zero-order valence-corrected chi connectivity index (χ0v) is 33.5. The second kappa shape index (κ2) is 22.4. The predicted molar refractivity (Wildman–Crippen MR) is 216 cm³/mol. The van der Waals surface area contributed by atoms with E-state index >= 15 is 0 Å². The number of hydrogen-bond donors (Lipinski definition) is 0. The van der Waals surface area contributed by atoms with Crippen LogP contribution in [0, 0.1) is 5.92 Å². The maximum atomic E-state index is 13.0. The summed E-state index contributed by atoms with van der Waals surface area (Å²) in [5.74, 6) is -0.0285. The summed E-state index contributed by atoms with van der Waals surface area (Å²) >= 11 is 0.